The number of rotatable bonds is 3. The topological polar surface area (TPSA) is 67.7 Å². The van der Waals surface area contributed by atoms with Crippen LogP contribution in [0.4, 0.5) is 5.69 Å². The van der Waals surface area contributed by atoms with Crippen LogP contribution in [-0.2, 0) is 0 Å². The van der Waals surface area contributed by atoms with E-state index in [4.69, 9.17) is 5.26 Å². The number of carbonyl (C=O) groups is 2. The predicted molar refractivity (Wildman–Crippen MR) is 104 cm³/mol. The van der Waals surface area contributed by atoms with Gasteiger partial charge in [0.1, 0.15) is 0 Å². The van der Waals surface area contributed by atoms with Gasteiger partial charge in [0.05, 0.1) is 11.6 Å². The smallest absolute Gasteiger partial charge is 0.254 e. The van der Waals surface area contributed by atoms with Gasteiger partial charge in [-0.05, 0) is 36.4 Å². The Morgan fingerprint density at radius 3 is 1.93 bits per heavy atom. The van der Waals surface area contributed by atoms with Crippen LogP contribution in [0.3, 0.4) is 0 Å². The molecule has 0 bridgehead atoms. The fraction of sp³-hybridized carbons (Fsp3) is 0.286. The molecule has 0 N–H and O–H groups in total. The quantitative estimate of drug-likeness (QED) is 0.840. The summed E-state index contributed by atoms with van der Waals surface area (Å²) in [4.78, 5) is 30.9. The Balaban J connectivity index is 1.64. The molecule has 2 aromatic carbocycles. The van der Waals surface area contributed by atoms with Crippen LogP contribution in [0.5, 0.6) is 0 Å². The molecule has 0 saturated carbocycles. The number of anilines is 1. The van der Waals surface area contributed by atoms with E-state index >= 15 is 0 Å². The highest BCUT2D eigenvalue weighted by molar-refractivity contribution is 5.96. The van der Waals surface area contributed by atoms with E-state index in [0.29, 0.717) is 42.9 Å². The highest BCUT2D eigenvalue weighted by atomic mass is 16.2. The molecule has 0 spiro atoms. The van der Waals surface area contributed by atoms with Crippen LogP contribution < -0.4 is 4.90 Å². The van der Waals surface area contributed by atoms with E-state index in [-0.39, 0.29) is 11.8 Å². The zero-order chi connectivity index (χ0) is 19.4. The van der Waals surface area contributed by atoms with E-state index in [0.717, 1.165) is 5.69 Å². The molecule has 0 aliphatic carbocycles. The van der Waals surface area contributed by atoms with Crippen molar-refractivity contribution in [2.24, 2.45) is 0 Å². The van der Waals surface area contributed by atoms with E-state index in [2.05, 4.69) is 6.07 Å². The van der Waals surface area contributed by atoms with Gasteiger partial charge in [0, 0.05) is 57.1 Å². The van der Waals surface area contributed by atoms with Crippen LogP contribution in [0.25, 0.3) is 0 Å². The number of nitriles is 1. The molecule has 6 nitrogen and oxygen atoms in total. The summed E-state index contributed by atoms with van der Waals surface area (Å²) < 4.78 is 0. The molecule has 0 atom stereocenters. The molecule has 6 heteroatoms. The summed E-state index contributed by atoms with van der Waals surface area (Å²) in [6, 6.07) is 16.3. The largest absolute Gasteiger partial charge is 0.378 e. The molecule has 3 rings (SSSR count). The van der Waals surface area contributed by atoms with Gasteiger partial charge >= 0.3 is 0 Å². The summed E-state index contributed by atoms with van der Waals surface area (Å²) in [6.45, 7) is 1.95. The Morgan fingerprint density at radius 1 is 0.889 bits per heavy atom. The van der Waals surface area contributed by atoms with Gasteiger partial charge in [0.15, 0.2) is 0 Å². The first-order valence-corrected chi connectivity index (χ1v) is 8.85. The summed E-state index contributed by atoms with van der Waals surface area (Å²) >= 11 is 0. The lowest BCUT2D eigenvalue weighted by Crippen LogP contribution is -2.50. The summed E-state index contributed by atoms with van der Waals surface area (Å²) in [5, 5.41) is 8.99. The molecule has 1 aliphatic heterocycles. The molecule has 2 amide bonds. The average Bonchev–Trinajstić information content (AvgIpc) is 2.73. The zero-order valence-electron chi connectivity index (χ0n) is 15.6. The Kier molecular flexibility index (Phi) is 5.41. The maximum atomic E-state index is 12.8. The van der Waals surface area contributed by atoms with Crippen molar-refractivity contribution < 1.29 is 9.59 Å². The summed E-state index contributed by atoms with van der Waals surface area (Å²) in [5.41, 5.74) is 2.61. The number of nitrogens with zero attached hydrogens (tertiary/aromatic N) is 4. The molecule has 1 heterocycles. The first kappa shape index (κ1) is 18.5. The van der Waals surface area contributed by atoms with Crippen LogP contribution in [0, 0.1) is 11.3 Å². The van der Waals surface area contributed by atoms with Gasteiger partial charge in [0.2, 0.25) is 0 Å². The van der Waals surface area contributed by atoms with E-state index in [9.17, 15) is 9.59 Å². The average molecular weight is 362 g/mol. The lowest BCUT2D eigenvalue weighted by molar-refractivity contribution is 0.0535. The Bertz CT molecular complexity index is 893. The van der Waals surface area contributed by atoms with Gasteiger partial charge in [0.25, 0.3) is 11.8 Å². The van der Waals surface area contributed by atoms with Gasteiger partial charge < -0.3 is 14.7 Å². The third kappa shape index (κ3) is 4.09. The second-order valence-electron chi connectivity index (χ2n) is 6.72. The predicted octanol–water partition coefficient (Wildman–Crippen LogP) is 2.22. The molecule has 138 valence electrons. The second-order valence-corrected chi connectivity index (χ2v) is 6.72. The molecule has 0 radical (unpaired) electrons. The highest BCUT2D eigenvalue weighted by Gasteiger charge is 2.25. The molecular formula is C21H22N4O2. The van der Waals surface area contributed by atoms with E-state index in [1.165, 1.54) is 0 Å². The van der Waals surface area contributed by atoms with Crippen LogP contribution in [0.15, 0.2) is 48.5 Å². The number of hydrogen-bond acceptors (Lipinski definition) is 4. The number of benzene rings is 2. The first-order valence-electron chi connectivity index (χ1n) is 8.85. The van der Waals surface area contributed by atoms with Gasteiger partial charge in [-0.15, -0.1) is 0 Å². The van der Waals surface area contributed by atoms with E-state index in [1.54, 1.807) is 34.1 Å². The number of hydrogen-bond donors (Lipinski definition) is 0. The number of carbonyl (C=O) groups excluding carboxylic acids is 2. The summed E-state index contributed by atoms with van der Waals surface area (Å²) in [7, 11) is 3.88. The summed E-state index contributed by atoms with van der Waals surface area (Å²) in [6.07, 6.45) is 0. The van der Waals surface area contributed by atoms with Gasteiger partial charge in [-0.1, -0.05) is 12.1 Å². The Labute approximate surface area is 159 Å². The number of amides is 2. The second kappa shape index (κ2) is 7.92. The monoisotopic (exact) mass is 362 g/mol. The minimum Gasteiger partial charge on any atom is -0.378 e. The molecule has 0 aromatic heterocycles. The molecule has 0 unspecified atom stereocenters. The fourth-order valence-electron chi connectivity index (χ4n) is 3.12. The lowest BCUT2D eigenvalue weighted by Gasteiger charge is -2.35. The minimum absolute atomic E-state index is 0.0164. The van der Waals surface area contributed by atoms with Crippen molar-refractivity contribution in [1.29, 1.82) is 5.26 Å². The van der Waals surface area contributed by atoms with Crippen LogP contribution in [-0.4, -0.2) is 61.9 Å². The molecular weight excluding hydrogens is 340 g/mol. The van der Waals surface area contributed by atoms with Crippen LogP contribution in [0.1, 0.15) is 26.3 Å². The van der Waals surface area contributed by atoms with Crippen molar-refractivity contribution in [3.8, 4) is 6.07 Å². The lowest BCUT2D eigenvalue weighted by atomic mass is 10.1. The SMILES string of the molecule is CN(C)c1cccc(C(=O)N2CCN(C(=O)c3cccc(C#N)c3)CC2)c1. The Morgan fingerprint density at radius 2 is 1.41 bits per heavy atom. The van der Waals surface area contributed by atoms with Crippen LogP contribution >= 0.6 is 0 Å². The molecule has 1 fully saturated rings. The minimum atomic E-state index is -0.103. The summed E-state index contributed by atoms with van der Waals surface area (Å²) in [5.74, 6) is -0.119. The van der Waals surface area contributed by atoms with Crippen LogP contribution in [0.2, 0.25) is 0 Å². The van der Waals surface area contributed by atoms with Crippen molar-refractivity contribution in [2.45, 2.75) is 0 Å². The Hall–Kier alpha value is -3.33. The van der Waals surface area contributed by atoms with Gasteiger partial charge in [-0.2, -0.15) is 5.26 Å². The molecule has 2 aromatic rings. The molecule has 27 heavy (non-hydrogen) atoms. The highest BCUT2D eigenvalue weighted by Crippen LogP contribution is 2.17. The third-order valence-electron chi connectivity index (χ3n) is 4.70. The molecule has 1 aliphatic rings. The zero-order valence-corrected chi connectivity index (χ0v) is 15.6. The third-order valence-corrected chi connectivity index (χ3v) is 4.70. The van der Waals surface area contributed by atoms with Crippen molar-refractivity contribution in [3.05, 3.63) is 65.2 Å². The standard InChI is InChI=1S/C21H22N4O2/c1-23(2)19-8-4-7-18(14-19)21(27)25-11-9-24(10-12-25)20(26)17-6-3-5-16(13-17)15-22/h3-8,13-14H,9-12H2,1-2H3. The van der Waals surface area contributed by atoms with Crippen molar-refractivity contribution in [1.82, 2.24) is 9.80 Å². The number of piperazine rings is 1. The maximum absolute atomic E-state index is 12.8. The fourth-order valence-corrected chi connectivity index (χ4v) is 3.12. The van der Waals surface area contributed by atoms with E-state index in [1.807, 2.05) is 43.3 Å². The molecule has 1 saturated heterocycles. The first-order chi connectivity index (χ1) is 13.0. The van der Waals surface area contributed by atoms with E-state index < -0.39 is 0 Å². The maximum Gasteiger partial charge on any atom is 0.254 e. The van der Waals surface area contributed by atoms with Gasteiger partial charge in [-0.3, -0.25) is 9.59 Å². The van der Waals surface area contributed by atoms with Gasteiger partial charge in [-0.25, -0.2) is 0 Å². The van der Waals surface area contributed by atoms with Crippen molar-refractivity contribution in [3.63, 3.8) is 0 Å². The van der Waals surface area contributed by atoms with Crippen molar-refractivity contribution in [2.75, 3.05) is 45.2 Å². The van der Waals surface area contributed by atoms with Crippen molar-refractivity contribution >= 4 is 17.5 Å². The normalized spacial score (nSPS) is 13.8.